The summed E-state index contributed by atoms with van der Waals surface area (Å²) in [4.78, 5) is 25.0. The maximum absolute atomic E-state index is 12.6. The zero-order chi connectivity index (χ0) is 23.2. The maximum Gasteiger partial charge on any atom is 0.271 e. The minimum Gasteiger partial charge on any atom is -0.472 e. The number of carbonyl (C=O) groups is 1. The molecule has 0 saturated heterocycles. The number of aromatic nitrogens is 2. The van der Waals surface area contributed by atoms with Crippen LogP contribution in [0.4, 0.5) is 0 Å². The highest BCUT2D eigenvalue weighted by Gasteiger charge is 2.12. The van der Waals surface area contributed by atoms with Crippen molar-refractivity contribution in [3.8, 4) is 11.6 Å². The van der Waals surface area contributed by atoms with Crippen molar-refractivity contribution in [1.82, 2.24) is 15.1 Å². The number of hydrogen-bond acceptors (Lipinski definition) is 4. The summed E-state index contributed by atoms with van der Waals surface area (Å²) >= 11 is 5.90. The van der Waals surface area contributed by atoms with Crippen molar-refractivity contribution in [2.45, 2.75) is 19.6 Å². The summed E-state index contributed by atoms with van der Waals surface area (Å²) in [5.41, 5.74) is 2.67. The molecule has 3 aromatic carbocycles. The topological polar surface area (TPSA) is 73.2 Å². The van der Waals surface area contributed by atoms with Crippen LogP contribution in [0.1, 0.15) is 34.5 Å². The quantitative estimate of drug-likeness (QED) is 0.424. The molecule has 0 unspecified atom stereocenters. The number of amides is 1. The number of nitrogens with zero attached hydrogens (tertiary/aromatic N) is 2. The van der Waals surface area contributed by atoms with E-state index in [9.17, 15) is 9.59 Å². The molecule has 0 fully saturated rings. The molecule has 0 aliphatic heterocycles. The van der Waals surface area contributed by atoms with Gasteiger partial charge >= 0.3 is 0 Å². The van der Waals surface area contributed by atoms with Crippen LogP contribution in [0.25, 0.3) is 5.69 Å². The second kappa shape index (κ2) is 10.1. The molecule has 0 radical (unpaired) electrons. The predicted molar refractivity (Wildman–Crippen MR) is 128 cm³/mol. The van der Waals surface area contributed by atoms with E-state index in [4.69, 9.17) is 16.3 Å². The van der Waals surface area contributed by atoms with Crippen LogP contribution in [0, 0.1) is 0 Å². The first-order valence-corrected chi connectivity index (χ1v) is 10.8. The van der Waals surface area contributed by atoms with Crippen LogP contribution in [0.5, 0.6) is 5.88 Å². The van der Waals surface area contributed by atoms with Gasteiger partial charge in [-0.1, -0.05) is 54.1 Å². The second-order valence-electron chi connectivity index (χ2n) is 7.49. The Labute approximate surface area is 196 Å². The normalized spacial score (nSPS) is 11.6. The van der Waals surface area contributed by atoms with Gasteiger partial charge in [-0.25, -0.2) is 0 Å². The molecule has 0 spiro atoms. The summed E-state index contributed by atoms with van der Waals surface area (Å²) in [6, 6.07) is 26.5. The molecule has 0 saturated carbocycles. The van der Waals surface area contributed by atoms with Crippen LogP contribution in [0.3, 0.4) is 0 Å². The molecule has 1 N–H and O–H groups in total. The van der Waals surface area contributed by atoms with E-state index < -0.39 is 0 Å². The minimum absolute atomic E-state index is 0.128. The number of ether oxygens (including phenoxy) is 1. The van der Waals surface area contributed by atoms with Gasteiger partial charge < -0.3 is 10.1 Å². The van der Waals surface area contributed by atoms with Gasteiger partial charge in [0.15, 0.2) is 0 Å². The number of halogens is 1. The fourth-order valence-corrected chi connectivity index (χ4v) is 3.38. The zero-order valence-corrected chi connectivity index (χ0v) is 18.7. The first kappa shape index (κ1) is 22.3. The van der Waals surface area contributed by atoms with Gasteiger partial charge in [0.05, 0.1) is 11.7 Å². The van der Waals surface area contributed by atoms with Crippen LogP contribution >= 0.6 is 11.6 Å². The van der Waals surface area contributed by atoms with Gasteiger partial charge in [-0.15, -0.1) is 5.10 Å². The van der Waals surface area contributed by atoms with Crippen molar-refractivity contribution in [1.29, 1.82) is 0 Å². The largest absolute Gasteiger partial charge is 0.472 e. The Morgan fingerprint density at radius 1 is 0.970 bits per heavy atom. The summed E-state index contributed by atoms with van der Waals surface area (Å²) in [7, 11) is 0. The molecule has 33 heavy (non-hydrogen) atoms. The summed E-state index contributed by atoms with van der Waals surface area (Å²) in [6.07, 6.45) is 0. The van der Waals surface area contributed by atoms with Gasteiger partial charge in [-0.05, 0) is 54.4 Å². The van der Waals surface area contributed by atoms with E-state index in [1.54, 1.807) is 36.4 Å². The molecule has 1 atom stereocenters. The van der Waals surface area contributed by atoms with Crippen LogP contribution < -0.4 is 15.6 Å². The lowest BCUT2D eigenvalue weighted by atomic mass is 10.1. The summed E-state index contributed by atoms with van der Waals surface area (Å²) in [5.74, 6) is 0.112. The van der Waals surface area contributed by atoms with Gasteiger partial charge in [-0.2, -0.15) is 4.68 Å². The van der Waals surface area contributed by atoms with Crippen LogP contribution in [-0.2, 0) is 6.61 Å². The number of hydrogen-bond donors (Lipinski definition) is 1. The lowest BCUT2D eigenvalue weighted by Crippen LogP contribution is -2.26. The average Bonchev–Trinajstić information content (AvgIpc) is 2.85. The molecule has 0 aliphatic carbocycles. The Morgan fingerprint density at radius 3 is 2.36 bits per heavy atom. The first-order chi connectivity index (χ1) is 16.0. The van der Waals surface area contributed by atoms with Gasteiger partial charge in [0.2, 0.25) is 5.88 Å². The van der Waals surface area contributed by atoms with Crippen molar-refractivity contribution in [2.75, 3.05) is 0 Å². The summed E-state index contributed by atoms with van der Waals surface area (Å²) in [6.45, 7) is 2.22. The summed E-state index contributed by atoms with van der Waals surface area (Å²) in [5, 5.41) is 7.92. The Bertz CT molecular complexity index is 1290. The third-order valence-electron chi connectivity index (χ3n) is 5.10. The standard InChI is InChI=1S/C26H22ClN3O3/c1-18(20-5-3-2-4-6-20)28-26(32)21-9-13-23(14-10-21)30-25(31)16-15-24(29-30)33-17-19-7-11-22(27)12-8-19/h2-16,18H,17H2,1H3,(H,28,32)/t18-/m0/s1. The van der Waals surface area contributed by atoms with Gasteiger partial charge in [0, 0.05) is 22.7 Å². The highest BCUT2D eigenvalue weighted by Crippen LogP contribution is 2.15. The Balaban J connectivity index is 1.45. The lowest BCUT2D eigenvalue weighted by molar-refractivity contribution is 0.0940. The molecular formula is C26H22ClN3O3. The molecule has 4 aromatic rings. The Hall–Kier alpha value is -3.90. The molecule has 166 valence electrons. The van der Waals surface area contributed by atoms with Gasteiger partial charge in [-0.3, -0.25) is 9.59 Å². The highest BCUT2D eigenvalue weighted by molar-refractivity contribution is 6.30. The molecule has 0 aliphatic rings. The average molecular weight is 460 g/mol. The van der Waals surface area contributed by atoms with E-state index in [0.717, 1.165) is 11.1 Å². The third kappa shape index (κ3) is 5.67. The van der Waals surface area contributed by atoms with E-state index in [-0.39, 0.29) is 17.5 Å². The van der Waals surface area contributed by atoms with E-state index in [1.807, 2.05) is 49.4 Å². The van der Waals surface area contributed by atoms with Gasteiger partial charge in [0.1, 0.15) is 6.61 Å². The number of carbonyl (C=O) groups excluding carboxylic acids is 1. The SMILES string of the molecule is C[C@H](NC(=O)c1ccc(-n2nc(OCc3ccc(Cl)cc3)ccc2=O)cc1)c1ccccc1. The Kier molecular flexibility index (Phi) is 6.86. The predicted octanol–water partition coefficient (Wildman–Crippen LogP) is 4.96. The fourth-order valence-electron chi connectivity index (χ4n) is 3.25. The fraction of sp³-hybridized carbons (Fsp3) is 0.115. The zero-order valence-electron chi connectivity index (χ0n) is 17.9. The van der Waals surface area contributed by atoms with Crippen LogP contribution in [0.15, 0.2) is 95.8 Å². The monoisotopic (exact) mass is 459 g/mol. The third-order valence-corrected chi connectivity index (χ3v) is 5.35. The molecule has 1 amide bonds. The molecule has 7 heteroatoms. The van der Waals surface area contributed by atoms with E-state index >= 15 is 0 Å². The van der Waals surface area contributed by atoms with Gasteiger partial charge in [0.25, 0.3) is 11.5 Å². The number of rotatable bonds is 7. The number of benzene rings is 3. The van der Waals surface area contributed by atoms with E-state index in [0.29, 0.717) is 28.8 Å². The minimum atomic E-state index is -0.302. The maximum atomic E-state index is 12.6. The molecule has 1 aromatic heterocycles. The highest BCUT2D eigenvalue weighted by atomic mass is 35.5. The number of nitrogens with one attached hydrogen (secondary N) is 1. The molecule has 0 bridgehead atoms. The Morgan fingerprint density at radius 2 is 1.67 bits per heavy atom. The lowest BCUT2D eigenvalue weighted by Gasteiger charge is -2.14. The first-order valence-electron chi connectivity index (χ1n) is 10.4. The van der Waals surface area contributed by atoms with Crippen molar-refractivity contribution >= 4 is 17.5 Å². The smallest absolute Gasteiger partial charge is 0.271 e. The molecular weight excluding hydrogens is 438 g/mol. The van der Waals surface area contributed by atoms with Crippen LogP contribution in [-0.4, -0.2) is 15.7 Å². The molecule has 4 rings (SSSR count). The molecule has 6 nitrogen and oxygen atoms in total. The van der Waals surface area contributed by atoms with Crippen molar-refractivity contribution in [3.05, 3.63) is 123 Å². The van der Waals surface area contributed by atoms with E-state index in [1.165, 1.54) is 16.8 Å². The van der Waals surface area contributed by atoms with E-state index in [2.05, 4.69) is 10.4 Å². The summed E-state index contributed by atoms with van der Waals surface area (Å²) < 4.78 is 6.96. The van der Waals surface area contributed by atoms with Crippen molar-refractivity contribution < 1.29 is 9.53 Å². The van der Waals surface area contributed by atoms with Crippen LogP contribution in [0.2, 0.25) is 5.02 Å². The van der Waals surface area contributed by atoms with Crippen molar-refractivity contribution in [3.63, 3.8) is 0 Å². The van der Waals surface area contributed by atoms with Crippen molar-refractivity contribution in [2.24, 2.45) is 0 Å². The second-order valence-corrected chi connectivity index (χ2v) is 7.93. The molecule has 1 heterocycles.